The van der Waals surface area contributed by atoms with Crippen molar-refractivity contribution in [2.45, 2.75) is 6.42 Å². The van der Waals surface area contributed by atoms with Crippen LogP contribution in [0.1, 0.15) is 5.56 Å². The summed E-state index contributed by atoms with van der Waals surface area (Å²) in [6, 6.07) is 15.8. The predicted molar refractivity (Wildman–Crippen MR) is 134 cm³/mol. The molecule has 0 saturated carbocycles. The van der Waals surface area contributed by atoms with Crippen LogP contribution in [-0.4, -0.2) is 77.6 Å². The van der Waals surface area contributed by atoms with Crippen molar-refractivity contribution < 1.29 is 4.48 Å². The second-order valence-corrected chi connectivity index (χ2v) is 9.97. The second-order valence-electron chi connectivity index (χ2n) is 8.83. The molecule has 7 nitrogen and oxygen atoms in total. The summed E-state index contributed by atoms with van der Waals surface area (Å²) in [6.45, 7) is 11.0. The highest BCUT2D eigenvalue weighted by atomic mass is 35.5. The Morgan fingerprint density at radius 1 is 1.00 bits per heavy atom. The number of fused-ring (bicyclic) bond motifs is 3. The second kappa shape index (κ2) is 10.4. The summed E-state index contributed by atoms with van der Waals surface area (Å²) >= 11 is 7.69. The molecule has 2 aromatic carbocycles. The van der Waals surface area contributed by atoms with E-state index in [1.54, 1.807) is 0 Å². The van der Waals surface area contributed by atoms with Crippen LogP contribution < -0.4 is 5.32 Å². The van der Waals surface area contributed by atoms with Crippen LogP contribution in [0, 0.1) is 0 Å². The van der Waals surface area contributed by atoms with Crippen molar-refractivity contribution in [3.8, 4) is 11.4 Å². The third kappa shape index (κ3) is 5.65. The van der Waals surface area contributed by atoms with Crippen molar-refractivity contribution in [2.24, 2.45) is 10.2 Å². The van der Waals surface area contributed by atoms with Gasteiger partial charge in [0.05, 0.1) is 31.2 Å². The third-order valence-electron chi connectivity index (χ3n) is 6.73. The number of rotatable bonds is 9. The van der Waals surface area contributed by atoms with Gasteiger partial charge in [0.15, 0.2) is 5.82 Å². The Bertz CT molecular complexity index is 1080. The summed E-state index contributed by atoms with van der Waals surface area (Å²) in [5.41, 5.74) is 2.81. The monoisotopic (exact) mass is 482 g/mol. The van der Waals surface area contributed by atoms with Gasteiger partial charge in [0.2, 0.25) is 5.13 Å². The molecule has 2 bridgehead atoms. The van der Waals surface area contributed by atoms with Crippen LogP contribution in [0.15, 0.2) is 58.8 Å². The van der Waals surface area contributed by atoms with Crippen LogP contribution in [-0.2, 0) is 6.42 Å². The summed E-state index contributed by atoms with van der Waals surface area (Å²) < 4.78 is 5.66. The zero-order valence-corrected chi connectivity index (χ0v) is 20.2. The quantitative estimate of drug-likeness (QED) is 0.276. The topological polar surface area (TPSA) is 65.8 Å². The Morgan fingerprint density at radius 2 is 1.79 bits per heavy atom. The molecule has 3 fully saturated rings. The summed E-state index contributed by atoms with van der Waals surface area (Å²) in [4.78, 5) is 7.03. The Labute approximate surface area is 203 Å². The molecule has 3 aromatic rings. The standard InChI is InChI=1S/C24H29ClN7S/c25-21-18-19(8-9-26-10-14-32-15-11-31(12-16-32)13-17-32)6-7-22(21)28-29-24-27-23(30-33-24)20-4-2-1-3-5-20/h1-7,18,26H,8-17H2/q+1. The lowest BCUT2D eigenvalue weighted by molar-refractivity contribution is -0.939. The molecule has 172 valence electrons. The van der Waals surface area contributed by atoms with Crippen LogP contribution >= 0.6 is 23.1 Å². The molecule has 3 aliphatic rings. The predicted octanol–water partition coefficient (Wildman–Crippen LogP) is 4.55. The molecule has 0 amide bonds. The average molecular weight is 483 g/mol. The number of nitrogens with one attached hydrogen (secondary N) is 1. The van der Waals surface area contributed by atoms with Gasteiger partial charge in [-0.05, 0) is 30.7 Å². The molecule has 4 heterocycles. The van der Waals surface area contributed by atoms with Crippen LogP contribution in [0.2, 0.25) is 5.02 Å². The van der Waals surface area contributed by atoms with E-state index in [1.165, 1.54) is 67.4 Å². The van der Waals surface area contributed by atoms with Gasteiger partial charge in [0.1, 0.15) is 5.69 Å². The van der Waals surface area contributed by atoms with Gasteiger partial charge in [-0.15, -0.1) is 10.2 Å². The van der Waals surface area contributed by atoms with Crippen LogP contribution in [0.5, 0.6) is 0 Å². The van der Waals surface area contributed by atoms with E-state index in [0.29, 0.717) is 21.7 Å². The molecule has 33 heavy (non-hydrogen) atoms. The first-order chi connectivity index (χ1) is 16.2. The lowest BCUT2D eigenvalue weighted by Gasteiger charge is -2.50. The van der Waals surface area contributed by atoms with Gasteiger partial charge in [-0.25, -0.2) is 0 Å². The average Bonchev–Trinajstić information content (AvgIpc) is 3.34. The number of hydrogen-bond donors (Lipinski definition) is 1. The maximum atomic E-state index is 6.47. The van der Waals surface area contributed by atoms with Crippen LogP contribution in [0.4, 0.5) is 10.8 Å². The SMILES string of the molecule is Clc1cc(CCNCC[N+]23CCN(CC2)CC3)ccc1N=Nc1nc(-c2ccccc2)ns1. The van der Waals surface area contributed by atoms with E-state index in [9.17, 15) is 0 Å². The lowest BCUT2D eigenvalue weighted by Crippen LogP contribution is -2.68. The van der Waals surface area contributed by atoms with Gasteiger partial charge >= 0.3 is 0 Å². The molecule has 3 aliphatic heterocycles. The highest BCUT2D eigenvalue weighted by molar-refractivity contribution is 7.09. The fourth-order valence-electron chi connectivity index (χ4n) is 4.59. The Morgan fingerprint density at radius 3 is 2.55 bits per heavy atom. The molecule has 0 unspecified atom stereocenters. The van der Waals surface area contributed by atoms with E-state index < -0.39 is 0 Å². The molecule has 1 aromatic heterocycles. The van der Waals surface area contributed by atoms with Crippen molar-refractivity contribution in [2.75, 3.05) is 58.9 Å². The van der Waals surface area contributed by atoms with Gasteiger partial charge in [-0.3, -0.25) is 4.90 Å². The van der Waals surface area contributed by atoms with Crippen molar-refractivity contribution in [3.63, 3.8) is 0 Å². The van der Waals surface area contributed by atoms with Crippen molar-refractivity contribution >= 4 is 34.0 Å². The lowest BCUT2D eigenvalue weighted by atomic mass is 10.1. The number of azo groups is 1. The molecule has 0 atom stereocenters. The van der Waals surface area contributed by atoms with Gasteiger partial charge in [-0.2, -0.15) is 9.36 Å². The highest BCUT2D eigenvalue weighted by Crippen LogP contribution is 2.29. The number of halogens is 1. The Hall–Kier alpha value is -2.23. The zero-order valence-electron chi connectivity index (χ0n) is 18.7. The Balaban J connectivity index is 1.10. The fourth-order valence-corrected chi connectivity index (χ4v) is 5.34. The first-order valence-electron chi connectivity index (χ1n) is 11.6. The number of nitrogens with zero attached hydrogens (tertiary/aromatic N) is 6. The fraction of sp³-hybridized carbons (Fsp3) is 0.417. The number of benzene rings is 2. The van der Waals surface area contributed by atoms with E-state index in [0.717, 1.165) is 25.1 Å². The number of hydrogen-bond acceptors (Lipinski definition) is 7. The van der Waals surface area contributed by atoms with E-state index in [-0.39, 0.29) is 0 Å². The minimum absolute atomic E-state index is 0.514. The minimum Gasteiger partial charge on any atom is -0.319 e. The molecule has 6 rings (SSSR count). The van der Waals surface area contributed by atoms with Crippen molar-refractivity contribution in [1.29, 1.82) is 0 Å². The molecular weight excluding hydrogens is 454 g/mol. The molecule has 1 N–H and O–H groups in total. The molecule has 9 heteroatoms. The maximum Gasteiger partial charge on any atom is 0.249 e. The first kappa shape index (κ1) is 22.6. The number of piperazine rings is 3. The van der Waals surface area contributed by atoms with Gasteiger partial charge in [0.25, 0.3) is 0 Å². The molecule has 0 spiro atoms. The number of quaternary nitrogens is 1. The minimum atomic E-state index is 0.514. The van der Waals surface area contributed by atoms with E-state index in [2.05, 4.69) is 35.9 Å². The van der Waals surface area contributed by atoms with Crippen LogP contribution in [0.25, 0.3) is 11.4 Å². The van der Waals surface area contributed by atoms with E-state index >= 15 is 0 Å². The largest absolute Gasteiger partial charge is 0.319 e. The maximum absolute atomic E-state index is 6.47. The first-order valence-corrected chi connectivity index (χ1v) is 12.7. The van der Waals surface area contributed by atoms with E-state index in [4.69, 9.17) is 11.6 Å². The highest BCUT2D eigenvalue weighted by Gasteiger charge is 2.37. The van der Waals surface area contributed by atoms with Gasteiger partial charge < -0.3 is 9.80 Å². The smallest absolute Gasteiger partial charge is 0.249 e. The van der Waals surface area contributed by atoms with Gasteiger partial charge in [-0.1, -0.05) is 48.0 Å². The molecular formula is C24H29ClN7S+. The normalized spacial score (nSPS) is 22.3. The zero-order chi connectivity index (χ0) is 22.5. The summed E-state index contributed by atoms with van der Waals surface area (Å²) in [7, 11) is 0. The third-order valence-corrected chi connectivity index (χ3v) is 7.63. The van der Waals surface area contributed by atoms with Crippen molar-refractivity contribution in [1.82, 2.24) is 19.6 Å². The van der Waals surface area contributed by atoms with Crippen LogP contribution in [0.3, 0.4) is 0 Å². The number of aromatic nitrogens is 2. The summed E-state index contributed by atoms with van der Waals surface area (Å²) in [5, 5.41) is 13.3. The molecule has 0 radical (unpaired) electrons. The summed E-state index contributed by atoms with van der Waals surface area (Å²) in [5.74, 6) is 0.663. The van der Waals surface area contributed by atoms with E-state index in [1.807, 2.05) is 42.5 Å². The van der Waals surface area contributed by atoms with Crippen molar-refractivity contribution in [3.05, 3.63) is 59.1 Å². The summed E-state index contributed by atoms with van der Waals surface area (Å²) in [6.07, 6.45) is 0.946. The Kier molecular flexibility index (Phi) is 7.08. The molecule has 3 saturated heterocycles. The molecule has 0 aliphatic carbocycles. The van der Waals surface area contributed by atoms with Gasteiger partial charge in [0, 0.05) is 43.3 Å².